The molecule has 1 atom stereocenters. The van der Waals surface area contributed by atoms with E-state index < -0.39 is 12.0 Å². The van der Waals surface area contributed by atoms with Crippen LogP contribution in [0.3, 0.4) is 0 Å². The molecule has 20 heavy (non-hydrogen) atoms. The number of hydrogen-bond donors (Lipinski definition) is 1. The SMILES string of the molecule is CC(C(=O)O)N(C)Cc1ccc(-c2ccc(Cl)cc2)s1. The van der Waals surface area contributed by atoms with Crippen molar-refractivity contribution in [3.05, 3.63) is 46.3 Å². The highest BCUT2D eigenvalue weighted by Crippen LogP contribution is 2.29. The molecule has 0 saturated heterocycles. The molecular weight excluding hydrogens is 294 g/mol. The van der Waals surface area contributed by atoms with E-state index in [4.69, 9.17) is 16.7 Å². The number of carbonyl (C=O) groups is 1. The summed E-state index contributed by atoms with van der Waals surface area (Å²) in [7, 11) is 1.82. The molecule has 0 fully saturated rings. The van der Waals surface area contributed by atoms with E-state index in [1.807, 2.05) is 42.3 Å². The largest absolute Gasteiger partial charge is 0.480 e. The average molecular weight is 310 g/mol. The summed E-state index contributed by atoms with van der Waals surface area (Å²) in [4.78, 5) is 15.1. The molecule has 0 aliphatic heterocycles. The van der Waals surface area contributed by atoms with Gasteiger partial charge in [-0.1, -0.05) is 23.7 Å². The fraction of sp³-hybridized carbons (Fsp3) is 0.267. The molecular formula is C15H16ClNO2S. The third kappa shape index (κ3) is 3.60. The van der Waals surface area contributed by atoms with Crippen LogP contribution in [0, 0.1) is 0 Å². The van der Waals surface area contributed by atoms with Gasteiger partial charge < -0.3 is 5.11 Å². The Labute approximate surface area is 127 Å². The summed E-state index contributed by atoms with van der Waals surface area (Å²) in [6.07, 6.45) is 0. The number of hydrogen-bond acceptors (Lipinski definition) is 3. The number of likely N-dealkylation sites (N-methyl/N-ethyl adjacent to an activating group) is 1. The summed E-state index contributed by atoms with van der Waals surface area (Å²) < 4.78 is 0. The molecule has 1 N–H and O–H groups in total. The second-order valence-electron chi connectivity index (χ2n) is 4.70. The van der Waals surface area contributed by atoms with E-state index in [-0.39, 0.29) is 0 Å². The predicted octanol–water partition coefficient (Wildman–Crippen LogP) is 3.97. The van der Waals surface area contributed by atoms with E-state index in [0.29, 0.717) is 6.54 Å². The van der Waals surface area contributed by atoms with Crippen molar-refractivity contribution in [2.45, 2.75) is 19.5 Å². The van der Waals surface area contributed by atoms with E-state index >= 15 is 0 Å². The van der Waals surface area contributed by atoms with Crippen molar-refractivity contribution in [1.29, 1.82) is 0 Å². The number of aliphatic carboxylic acids is 1. The first kappa shape index (κ1) is 15.0. The van der Waals surface area contributed by atoms with Crippen LogP contribution in [0.15, 0.2) is 36.4 Å². The van der Waals surface area contributed by atoms with Crippen molar-refractivity contribution in [2.75, 3.05) is 7.05 Å². The standard InChI is InChI=1S/C15H16ClNO2S/c1-10(15(18)19)17(2)9-13-7-8-14(20-13)11-3-5-12(16)6-4-11/h3-8,10H,9H2,1-2H3,(H,18,19). The summed E-state index contributed by atoms with van der Waals surface area (Å²) in [5, 5.41) is 9.71. The number of carboxylic acid groups (broad SMARTS) is 1. The second-order valence-corrected chi connectivity index (χ2v) is 6.31. The van der Waals surface area contributed by atoms with Gasteiger partial charge in [-0.3, -0.25) is 9.69 Å². The van der Waals surface area contributed by atoms with Gasteiger partial charge in [0.25, 0.3) is 0 Å². The number of nitrogens with zero attached hydrogens (tertiary/aromatic N) is 1. The van der Waals surface area contributed by atoms with Crippen molar-refractivity contribution < 1.29 is 9.90 Å². The van der Waals surface area contributed by atoms with Crippen LogP contribution in [0.1, 0.15) is 11.8 Å². The molecule has 3 nitrogen and oxygen atoms in total. The minimum atomic E-state index is -0.804. The smallest absolute Gasteiger partial charge is 0.320 e. The molecule has 106 valence electrons. The number of thiophene rings is 1. The second kappa shape index (κ2) is 6.39. The van der Waals surface area contributed by atoms with Gasteiger partial charge in [-0.25, -0.2) is 0 Å². The molecule has 2 rings (SSSR count). The lowest BCUT2D eigenvalue weighted by molar-refractivity contribution is -0.142. The average Bonchev–Trinajstić information content (AvgIpc) is 2.87. The van der Waals surface area contributed by atoms with E-state index in [0.717, 1.165) is 20.3 Å². The molecule has 1 aromatic heterocycles. The Bertz CT molecular complexity index is 594. The lowest BCUT2D eigenvalue weighted by Crippen LogP contribution is -2.34. The van der Waals surface area contributed by atoms with Crippen LogP contribution < -0.4 is 0 Å². The maximum Gasteiger partial charge on any atom is 0.320 e. The first-order valence-corrected chi connectivity index (χ1v) is 7.44. The maximum absolute atomic E-state index is 10.9. The molecule has 1 unspecified atom stereocenters. The summed E-state index contributed by atoms with van der Waals surface area (Å²) in [6, 6.07) is 11.3. The molecule has 0 spiro atoms. The Kier molecular flexibility index (Phi) is 4.81. The van der Waals surface area contributed by atoms with Crippen LogP contribution in [0.5, 0.6) is 0 Å². The monoisotopic (exact) mass is 309 g/mol. The van der Waals surface area contributed by atoms with Gasteiger partial charge in [-0.05, 0) is 43.8 Å². The summed E-state index contributed by atoms with van der Waals surface area (Å²) >= 11 is 7.55. The molecule has 0 aliphatic rings. The Morgan fingerprint density at radius 2 is 1.95 bits per heavy atom. The van der Waals surface area contributed by atoms with Crippen LogP contribution in [0.4, 0.5) is 0 Å². The normalized spacial score (nSPS) is 12.6. The molecule has 0 radical (unpaired) electrons. The van der Waals surface area contributed by atoms with Crippen molar-refractivity contribution >= 4 is 28.9 Å². The Morgan fingerprint density at radius 1 is 1.30 bits per heavy atom. The van der Waals surface area contributed by atoms with Gasteiger partial charge in [0, 0.05) is 21.3 Å². The molecule has 0 saturated carbocycles. The van der Waals surface area contributed by atoms with Gasteiger partial charge in [0.05, 0.1) is 0 Å². The summed E-state index contributed by atoms with van der Waals surface area (Å²) in [5.74, 6) is -0.804. The Balaban J connectivity index is 2.09. The van der Waals surface area contributed by atoms with Gasteiger partial charge in [0.15, 0.2) is 0 Å². The zero-order valence-electron chi connectivity index (χ0n) is 11.3. The van der Waals surface area contributed by atoms with Crippen LogP contribution in [0.25, 0.3) is 10.4 Å². The van der Waals surface area contributed by atoms with Gasteiger partial charge >= 0.3 is 5.97 Å². The first-order chi connectivity index (χ1) is 9.47. The van der Waals surface area contributed by atoms with E-state index in [9.17, 15) is 4.79 Å². The zero-order valence-corrected chi connectivity index (χ0v) is 12.9. The number of rotatable bonds is 5. The minimum absolute atomic E-state index is 0.490. The predicted molar refractivity (Wildman–Crippen MR) is 83.3 cm³/mol. The van der Waals surface area contributed by atoms with Crippen LogP contribution >= 0.6 is 22.9 Å². The first-order valence-electron chi connectivity index (χ1n) is 6.25. The zero-order chi connectivity index (χ0) is 14.7. The lowest BCUT2D eigenvalue weighted by Gasteiger charge is -2.19. The van der Waals surface area contributed by atoms with Gasteiger partial charge in [-0.2, -0.15) is 0 Å². The third-order valence-corrected chi connectivity index (χ3v) is 4.59. The number of benzene rings is 1. The Morgan fingerprint density at radius 3 is 2.55 bits per heavy atom. The van der Waals surface area contributed by atoms with Crippen LogP contribution in [-0.2, 0) is 11.3 Å². The number of carboxylic acids is 1. The highest BCUT2D eigenvalue weighted by Gasteiger charge is 2.17. The molecule has 1 aromatic carbocycles. The van der Waals surface area contributed by atoms with Gasteiger partial charge in [-0.15, -0.1) is 11.3 Å². The topological polar surface area (TPSA) is 40.5 Å². The van der Waals surface area contributed by atoms with Crippen molar-refractivity contribution in [2.24, 2.45) is 0 Å². The fourth-order valence-corrected chi connectivity index (χ4v) is 3.01. The van der Waals surface area contributed by atoms with Crippen molar-refractivity contribution in [3.8, 4) is 10.4 Å². The highest BCUT2D eigenvalue weighted by molar-refractivity contribution is 7.15. The van der Waals surface area contributed by atoms with Crippen molar-refractivity contribution in [3.63, 3.8) is 0 Å². The fourth-order valence-electron chi connectivity index (χ4n) is 1.80. The lowest BCUT2D eigenvalue weighted by atomic mass is 10.2. The molecule has 0 amide bonds. The quantitative estimate of drug-likeness (QED) is 0.908. The summed E-state index contributed by atoms with van der Waals surface area (Å²) in [5.41, 5.74) is 1.12. The van der Waals surface area contributed by atoms with E-state index in [1.54, 1.807) is 18.3 Å². The van der Waals surface area contributed by atoms with Gasteiger partial charge in [0.1, 0.15) is 6.04 Å². The van der Waals surface area contributed by atoms with Crippen LogP contribution in [-0.4, -0.2) is 29.1 Å². The van der Waals surface area contributed by atoms with Crippen molar-refractivity contribution in [1.82, 2.24) is 4.90 Å². The van der Waals surface area contributed by atoms with E-state index in [2.05, 4.69) is 6.07 Å². The molecule has 0 aliphatic carbocycles. The number of halogens is 1. The highest BCUT2D eigenvalue weighted by atomic mass is 35.5. The summed E-state index contributed by atoms with van der Waals surface area (Å²) in [6.45, 7) is 2.32. The van der Waals surface area contributed by atoms with Crippen LogP contribution in [0.2, 0.25) is 5.02 Å². The Hall–Kier alpha value is -1.36. The molecule has 0 bridgehead atoms. The van der Waals surface area contributed by atoms with E-state index in [1.165, 1.54) is 0 Å². The maximum atomic E-state index is 10.9. The molecule has 1 heterocycles. The minimum Gasteiger partial charge on any atom is -0.480 e. The molecule has 5 heteroatoms. The molecule has 2 aromatic rings. The van der Waals surface area contributed by atoms with Gasteiger partial charge in [0.2, 0.25) is 0 Å². The third-order valence-electron chi connectivity index (χ3n) is 3.21.